The number of halogens is 1. The van der Waals surface area contributed by atoms with Crippen molar-refractivity contribution < 1.29 is 14.3 Å². The van der Waals surface area contributed by atoms with E-state index in [0.29, 0.717) is 19.6 Å². The van der Waals surface area contributed by atoms with Crippen molar-refractivity contribution in [3.05, 3.63) is 42.0 Å². The normalized spacial score (nSPS) is 18.5. The zero-order valence-electron chi connectivity index (χ0n) is 12.2. The van der Waals surface area contributed by atoms with Gasteiger partial charge in [-0.2, -0.15) is 5.10 Å². The highest BCUT2D eigenvalue weighted by atomic mass is 19.1. The highest BCUT2D eigenvalue weighted by Gasteiger charge is 2.26. The fourth-order valence-corrected chi connectivity index (χ4v) is 2.54. The number of carbonyl (C=O) groups excluding carboxylic acids is 1. The fraction of sp³-hybridized carbons (Fsp3) is 0.333. The van der Waals surface area contributed by atoms with Gasteiger partial charge in [0.05, 0.1) is 6.20 Å². The van der Waals surface area contributed by atoms with E-state index in [1.165, 1.54) is 23.0 Å². The molecule has 1 aliphatic rings. The van der Waals surface area contributed by atoms with Crippen molar-refractivity contribution >= 4 is 5.91 Å². The van der Waals surface area contributed by atoms with Crippen molar-refractivity contribution in [3.63, 3.8) is 0 Å². The van der Waals surface area contributed by atoms with E-state index >= 15 is 0 Å². The predicted molar refractivity (Wildman–Crippen MR) is 78.6 cm³/mol. The lowest BCUT2D eigenvalue weighted by molar-refractivity contribution is 0.0699. The van der Waals surface area contributed by atoms with Crippen molar-refractivity contribution in [1.82, 2.24) is 20.0 Å². The van der Waals surface area contributed by atoms with E-state index in [1.54, 1.807) is 17.0 Å². The van der Waals surface area contributed by atoms with E-state index in [0.717, 1.165) is 0 Å². The summed E-state index contributed by atoms with van der Waals surface area (Å²) < 4.78 is 15.0. The van der Waals surface area contributed by atoms with Crippen molar-refractivity contribution in [1.29, 1.82) is 0 Å². The second-order valence-corrected chi connectivity index (χ2v) is 5.37. The van der Waals surface area contributed by atoms with E-state index in [9.17, 15) is 14.3 Å². The zero-order chi connectivity index (χ0) is 15.7. The standard InChI is InChI=1S/C15H17FN4O2/c1-10-8-19(7-6-17-10)15(22)14-13(21)9-20(18-14)12-5-3-2-4-11(12)16/h2-5,9-10,17,21H,6-8H2,1H3/t10-/m1/s1. The molecular weight excluding hydrogens is 287 g/mol. The van der Waals surface area contributed by atoms with Crippen molar-refractivity contribution in [2.75, 3.05) is 19.6 Å². The molecule has 7 heteroatoms. The molecule has 1 saturated heterocycles. The third-order valence-electron chi connectivity index (χ3n) is 3.65. The topological polar surface area (TPSA) is 70.4 Å². The largest absolute Gasteiger partial charge is 0.504 e. The first-order chi connectivity index (χ1) is 10.6. The van der Waals surface area contributed by atoms with Crippen LogP contribution in [0.4, 0.5) is 4.39 Å². The third kappa shape index (κ3) is 2.67. The Balaban J connectivity index is 1.89. The van der Waals surface area contributed by atoms with E-state index in [1.807, 2.05) is 6.92 Å². The molecule has 2 N–H and O–H groups in total. The van der Waals surface area contributed by atoms with Crippen LogP contribution in [0.5, 0.6) is 5.75 Å². The Bertz CT molecular complexity index is 701. The first-order valence-electron chi connectivity index (χ1n) is 7.12. The lowest BCUT2D eigenvalue weighted by Crippen LogP contribution is -2.51. The van der Waals surface area contributed by atoms with Gasteiger partial charge in [-0.1, -0.05) is 12.1 Å². The van der Waals surface area contributed by atoms with Gasteiger partial charge < -0.3 is 15.3 Å². The van der Waals surface area contributed by atoms with Gasteiger partial charge in [-0.3, -0.25) is 4.79 Å². The van der Waals surface area contributed by atoms with Crippen LogP contribution < -0.4 is 5.32 Å². The molecule has 0 radical (unpaired) electrons. The fourth-order valence-electron chi connectivity index (χ4n) is 2.54. The number of nitrogens with one attached hydrogen (secondary N) is 1. The van der Waals surface area contributed by atoms with Gasteiger partial charge in [0.15, 0.2) is 11.4 Å². The van der Waals surface area contributed by atoms with E-state index in [4.69, 9.17) is 0 Å². The number of rotatable bonds is 2. The second kappa shape index (κ2) is 5.76. The monoisotopic (exact) mass is 304 g/mol. The Labute approximate surface area is 127 Å². The average Bonchev–Trinajstić information content (AvgIpc) is 2.88. The lowest BCUT2D eigenvalue weighted by Gasteiger charge is -2.31. The Morgan fingerprint density at radius 1 is 1.45 bits per heavy atom. The summed E-state index contributed by atoms with van der Waals surface area (Å²) in [6.45, 7) is 3.78. The molecule has 3 rings (SSSR count). The molecule has 22 heavy (non-hydrogen) atoms. The van der Waals surface area contributed by atoms with Crippen LogP contribution in [0.3, 0.4) is 0 Å². The van der Waals surface area contributed by atoms with Gasteiger partial charge in [0, 0.05) is 25.7 Å². The molecule has 0 spiro atoms. The molecule has 1 amide bonds. The van der Waals surface area contributed by atoms with Crippen LogP contribution in [-0.4, -0.2) is 51.4 Å². The number of hydrogen-bond donors (Lipinski definition) is 2. The number of amides is 1. The zero-order valence-corrected chi connectivity index (χ0v) is 12.2. The van der Waals surface area contributed by atoms with Gasteiger partial charge in [-0.15, -0.1) is 0 Å². The van der Waals surface area contributed by atoms with Gasteiger partial charge in [0.25, 0.3) is 5.91 Å². The number of hydrogen-bond acceptors (Lipinski definition) is 4. The van der Waals surface area contributed by atoms with Gasteiger partial charge >= 0.3 is 0 Å². The Kier molecular flexibility index (Phi) is 3.81. The maximum absolute atomic E-state index is 13.8. The Morgan fingerprint density at radius 3 is 2.95 bits per heavy atom. The smallest absolute Gasteiger partial charge is 0.278 e. The molecule has 2 heterocycles. The molecule has 1 aromatic carbocycles. The number of nitrogens with zero attached hydrogens (tertiary/aromatic N) is 3. The minimum Gasteiger partial charge on any atom is -0.504 e. The summed E-state index contributed by atoms with van der Waals surface area (Å²) in [7, 11) is 0. The average molecular weight is 304 g/mol. The summed E-state index contributed by atoms with van der Waals surface area (Å²) in [6.07, 6.45) is 1.25. The SMILES string of the molecule is C[C@@H]1CN(C(=O)c2nn(-c3ccccc3F)cc2O)CCN1. The summed E-state index contributed by atoms with van der Waals surface area (Å²) in [4.78, 5) is 14.1. The summed E-state index contributed by atoms with van der Waals surface area (Å²) in [5, 5.41) is 17.3. The number of aromatic hydroxyl groups is 1. The van der Waals surface area contributed by atoms with Crippen LogP contribution in [0.15, 0.2) is 30.5 Å². The lowest BCUT2D eigenvalue weighted by atomic mass is 10.2. The summed E-state index contributed by atoms with van der Waals surface area (Å²) in [6, 6.07) is 6.25. The minimum absolute atomic E-state index is 0.0580. The van der Waals surface area contributed by atoms with E-state index in [2.05, 4.69) is 10.4 Å². The first kappa shape index (κ1) is 14.5. The summed E-state index contributed by atoms with van der Waals surface area (Å²) in [5.74, 6) is -1.07. The minimum atomic E-state index is -0.472. The number of benzene rings is 1. The number of aromatic nitrogens is 2. The molecule has 0 unspecified atom stereocenters. The molecule has 1 atom stereocenters. The Hall–Kier alpha value is -2.41. The van der Waals surface area contributed by atoms with Crippen LogP contribution in [-0.2, 0) is 0 Å². The van der Waals surface area contributed by atoms with E-state index in [-0.39, 0.29) is 29.1 Å². The first-order valence-corrected chi connectivity index (χ1v) is 7.12. The van der Waals surface area contributed by atoms with Crippen LogP contribution >= 0.6 is 0 Å². The maximum atomic E-state index is 13.8. The molecule has 116 valence electrons. The predicted octanol–water partition coefficient (Wildman–Crippen LogP) is 1.15. The highest BCUT2D eigenvalue weighted by Crippen LogP contribution is 2.21. The quantitative estimate of drug-likeness (QED) is 0.873. The number of piperazine rings is 1. The van der Waals surface area contributed by atoms with Crippen LogP contribution in [0.1, 0.15) is 17.4 Å². The number of carbonyl (C=O) groups is 1. The van der Waals surface area contributed by atoms with Crippen LogP contribution in [0.25, 0.3) is 5.69 Å². The van der Waals surface area contributed by atoms with Crippen LogP contribution in [0.2, 0.25) is 0 Å². The van der Waals surface area contributed by atoms with Crippen molar-refractivity contribution in [2.45, 2.75) is 13.0 Å². The van der Waals surface area contributed by atoms with E-state index < -0.39 is 5.82 Å². The third-order valence-corrected chi connectivity index (χ3v) is 3.65. The molecule has 0 bridgehead atoms. The summed E-state index contributed by atoms with van der Waals surface area (Å²) >= 11 is 0. The molecule has 1 aromatic heterocycles. The van der Waals surface area contributed by atoms with Gasteiger partial charge in [-0.25, -0.2) is 9.07 Å². The molecule has 0 aliphatic carbocycles. The van der Waals surface area contributed by atoms with Crippen molar-refractivity contribution in [3.8, 4) is 11.4 Å². The molecular formula is C15H17FN4O2. The molecule has 1 fully saturated rings. The number of para-hydroxylation sites is 1. The second-order valence-electron chi connectivity index (χ2n) is 5.37. The van der Waals surface area contributed by atoms with Gasteiger partial charge in [0.2, 0.25) is 0 Å². The van der Waals surface area contributed by atoms with Gasteiger partial charge in [0.1, 0.15) is 11.5 Å². The van der Waals surface area contributed by atoms with Crippen LogP contribution in [0, 0.1) is 5.82 Å². The molecule has 0 saturated carbocycles. The molecule has 2 aromatic rings. The Morgan fingerprint density at radius 2 is 2.23 bits per heavy atom. The molecule has 1 aliphatic heterocycles. The highest BCUT2D eigenvalue weighted by molar-refractivity contribution is 5.95. The van der Waals surface area contributed by atoms with Gasteiger partial charge in [-0.05, 0) is 19.1 Å². The van der Waals surface area contributed by atoms with Crippen molar-refractivity contribution in [2.24, 2.45) is 0 Å². The summed E-state index contributed by atoms with van der Waals surface area (Å²) in [5.41, 5.74) is 0.128. The molecule has 6 nitrogen and oxygen atoms in total. The maximum Gasteiger partial charge on any atom is 0.278 e.